The van der Waals surface area contributed by atoms with Crippen LogP contribution in [0.5, 0.6) is 0 Å². The zero-order valence-electron chi connectivity index (χ0n) is 3.24. The van der Waals surface area contributed by atoms with E-state index in [1.54, 1.807) is 6.92 Å². The second-order valence-electron chi connectivity index (χ2n) is 0.920. The molecule has 0 aromatic rings. The van der Waals surface area contributed by atoms with E-state index in [0.717, 1.165) is 0 Å². The fourth-order valence-electron chi connectivity index (χ4n) is 0. The summed E-state index contributed by atoms with van der Waals surface area (Å²) < 4.78 is -0.0116. The first kappa shape index (κ1) is 6.63. The van der Waals surface area contributed by atoms with Crippen molar-refractivity contribution in [2.24, 2.45) is 0 Å². The van der Waals surface area contributed by atoms with Gasteiger partial charge in [-0.25, -0.2) is 0 Å². The first-order chi connectivity index (χ1) is 2.64. The van der Waals surface area contributed by atoms with E-state index in [4.69, 9.17) is 0 Å². The van der Waals surface area contributed by atoms with Crippen molar-refractivity contribution in [1.82, 2.24) is 0 Å². The smallest absolute Gasteiger partial charge is 0.211 e. The van der Waals surface area contributed by atoms with Gasteiger partial charge in [-0.2, -0.15) is 0 Å². The minimum absolute atomic E-state index is 0.0116. The highest BCUT2D eigenvalue weighted by Gasteiger charge is 2.00. The summed E-state index contributed by atoms with van der Waals surface area (Å²) in [7, 11) is 0. The molecule has 1 atom stereocenters. The standard InChI is InChI=1S/C3H4Br2O/c1-2(4)3(5)6/h2H,1H3/t2-/m1/s1. The summed E-state index contributed by atoms with van der Waals surface area (Å²) in [5.74, 6) is 0. The Morgan fingerprint density at radius 2 is 2.00 bits per heavy atom. The van der Waals surface area contributed by atoms with Gasteiger partial charge in [0.15, 0.2) is 0 Å². The molecular weight excluding hydrogens is 212 g/mol. The van der Waals surface area contributed by atoms with E-state index < -0.39 is 0 Å². The third-order valence-corrected chi connectivity index (χ3v) is 2.03. The van der Waals surface area contributed by atoms with Crippen LogP contribution in [0.2, 0.25) is 0 Å². The first-order valence-corrected chi connectivity index (χ1v) is 3.19. The lowest BCUT2D eigenvalue weighted by Crippen LogP contribution is -1.97. The van der Waals surface area contributed by atoms with Crippen molar-refractivity contribution in [2.75, 3.05) is 0 Å². The average Bonchev–Trinajstić information content (AvgIpc) is 1.36. The maximum atomic E-state index is 10.0. The van der Waals surface area contributed by atoms with Gasteiger partial charge in [0.05, 0.1) is 4.83 Å². The maximum absolute atomic E-state index is 10.0. The number of rotatable bonds is 1. The lowest BCUT2D eigenvalue weighted by molar-refractivity contribution is -0.109. The number of hydrogen-bond donors (Lipinski definition) is 0. The van der Waals surface area contributed by atoms with Gasteiger partial charge in [0, 0.05) is 0 Å². The minimum atomic E-state index is -0.0579. The fourth-order valence-corrected chi connectivity index (χ4v) is 0. The van der Waals surface area contributed by atoms with Gasteiger partial charge in [0.1, 0.15) is 0 Å². The molecule has 0 bridgehead atoms. The van der Waals surface area contributed by atoms with Gasteiger partial charge in [-0.15, -0.1) is 0 Å². The molecule has 0 spiro atoms. The van der Waals surface area contributed by atoms with Crippen LogP contribution in [0, 0.1) is 0 Å². The first-order valence-electron chi connectivity index (χ1n) is 1.48. The molecule has 0 amide bonds. The summed E-state index contributed by atoms with van der Waals surface area (Å²) in [6.45, 7) is 1.76. The van der Waals surface area contributed by atoms with Crippen molar-refractivity contribution in [3.05, 3.63) is 0 Å². The normalized spacial score (nSPS) is 13.8. The predicted molar refractivity (Wildman–Crippen MR) is 32.3 cm³/mol. The van der Waals surface area contributed by atoms with Crippen LogP contribution in [0.25, 0.3) is 0 Å². The minimum Gasteiger partial charge on any atom is -0.285 e. The van der Waals surface area contributed by atoms with Crippen molar-refractivity contribution >= 4 is 36.6 Å². The van der Waals surface area contributed by atoms with Gasteiger partial charge in [-0.05, 0) is 22.9 Å². The van der Waals surface area contributed by atoms with Crippen LogP contribution in [0.4, 0.5) is 0 Å². The fraction of sp³-hybridized carbons (Fsp3) is 0.667. The Hall–Kier alpha value is 0.630. The quantitative estimate of drug-likeness (QED) is 0.481. The van der Waals surface area contributed by atoms with Gasteiger partial charge in [-0.3, -0.25) is 4.79 Å². The number of halogens is 2. The van der Waals surface area contributed by atoms with E-state index in [1.165, 1.54) is 0 Å². The zero-order chi connectivity index (χ0) is 5.15. The summed E-state index contributed by atoms with van der Waals surface area (Å²) in [6.07, 6.45) is 0. The van der Waals surface area contributed by atoms with Gasteiger partial charge in [0.25, 0.3) is 0 Å². The van der Waals surface area contributed by atoms with Crippen molar-refractivity contribution in [2.45, 2.75) is 11.8 Å². The number of carbonyl (C=O) groups is 1. The summed E-state index contributed by atoms with van der Waals surface area (Å²) >= 11 is 5.80. The lowest BCUT2D eigenvalue weighted by atomic mass is 10.6. The Kier molecular flexibility index (Phi) is 3.03. The van der Waals surface area contributed by atoms with Gasteiger partial charge in [0.2, 0.25) is 4.69 Å². The van der Waals surface area contributed by atoms with E-state index in [0.29, 0.717) is 0 Å². The second-order valence-corrected chi connectivity index (χ2v) is 3.08. The lowest BCUT2D eigenvalue weighted by Gasteiger charge is -1.86. The zero-order valence-corrected chi connectivity index (χ0v) is 6.41. The molecular formula is C3H4Br2O. The Morgan fingerprint density at radius 3 is 2.00 bits per heavy atom. The molecule has 0 unspecified atom stereocenters. The highest BCUT2D eigenvalue weighted by Crippen LogP contribution is 2.02. The predicted octanol–water partition coefficient (Wildman–Crippen LogP) is 1.69. The monoisotopic (exact) mass is 214 g/mol. The van der Waals surface area contributed by atoms with E-state index in [-0.39, 0.29) is 9.52 Å². The van der Waals surface area contributed by atoms with Crippen LogP contribution in [-0.2, 0) is 4.79 Å². The summed E-state index contributed by atoms with van der Waals surface area (Å²) in [5.41, 5.74) is 0. The van der Waals surface area contributed by atoms with Gasteiger partial charge >= 0.3 is 0 Å². The highest BCUT2D eigenvalue weighted by atomic mass is 79.9. The van der Waals surface area contributed by atoms with Crippen molar-refractivity contribution < 1.29 is 4.79 Å². The van der Waals surface area contributed by atoms with E-state index >= 15 is 0 Å². The Labute approximate surface area is 53.4 Å². The largest absolute Gasteiger partial charge is 0.285 e. The number of alkyl halides is 1. The molecule has 6 heavy (non-hydrogen) atoms. The van der Waals surface area contributed by atoms with Crippen LogP contribution < -0.4 is 0 Å². The van der Waals surface area contributed by atoms with Crippen molar-refractivity contribution in [3.8, 4) is 0 Å². The second kappa shape index (κ2) is 2.75. The summed E-state index contributed by atoms with van der Waals surface area (Å²) in [4.78, 5) is 9.96. The molecule has 0 aliphatic carbocycles. The van der Waals surface area contributed by atoms with Crippen molar-refractivity contribution in [1.29, 1.82) is 0 Å². The molecule has 0 aliphatic heterocycles. The third kappa shape index (κ3) is 2.85. The maximum Gasteiger partial charge on any atom is 0.211 e. The van der Waals surface area contributed by atoms with Crippen LogP contribution in [-0.4, -0.2) is 9.52 Å². The Morgan fingerprint density at radius 1 is 1.83 bits per heavy atom. The Balaban J connectivity index is 3.26. The molecule has 0 N–H and O–H groups in total. The van der Waals surface area contributed by atoms with E-state index in [1.807, 2.05) is 0 Å². The van der Waals surface area contributed by atoms with Gasteiger partial charge in [-0.1, -0.05) is 15.9 Å². The van der Waals surface area contributed by atoms with Crippen LogP contribution in [0.15, 0.2) is 0 Å². The molecule has 0 aromatic carbocycles. The summed E-state index contributed by atoms with van der Waals surface area (Å²) in [5, 5.41) is 0. The number of carbonyl (C=O) groups excluding carboxylic acids is 1. The van der Waals surface area contributed by atoms with Crippen LogP contribution >= 0.6 is 31.9 Å². The van der Waals surface area contributed by atoms with E-state index in [9.17, 15) is 4.79 Å². The molecule has 36 valence electrons. The molecule has 0 fully saturated rings. The molecule has 3 heteroatoms. The number of hydrogen-bond acceptors (Lipinski definition) is 1. The van der Waals surface area contributed by atoms with Crippen LogP contribution in [0.1, 0.15) is 6.92 Å². The molecule has 0 heterocycles. The van der Waals surface area contributed by atoms with Crippen molar-refractivity contribution in [3.63, 3.8) is 0 Å². The van der Waals surface area contributed by atoms with E-state index in [2.05, 4.69) is 31.9 Å². The topological polar surface area (TPSA) is 17.1 Å². The SMILES string of the molecule is C[C@@H](Br)C(=O)Br. The third-order valence-electron chi connectivity index (χ3n) is 0.313. The highest BCUT2D eigenvalue weighted by molar-refractivity contribution is 9.20. The molecule has 0 aliphatic rings. The van der Waals surface area contributed by atoms with Crippen LogP contribution in [0.3, 0.4) is 0 Å². The molecule has 1 nitrogen and oxygen atoms in total. The van der Waals surface area contributed by atoms with Gasteiger partial charge < -0.3 is 0 Å². The molecule has 0 saturated heterocycles. The molecule has 0 rings (SSSR count). The molecule has 0 radical (unpaired) electrons. The summed E-state index contributed by atoms with van der Waals surface area (Å²) in [6, 6.07) is 0. The Bertz CT molecular complexity index is 59.8. The molecule has 0 aromatic heterocycles. The molecule has 0 saturated carbocycles. The average molecular weight is 216 g/mol.